The third kappa shape index (κ3) is 5.29. The van der Waals surface area contributed by atoms with Gasteiger partial charge in [-0.15, -0.1) is 0 Å². The molecule has 176 valence electrons. The number of pyridine rings is 1. The molecule has 0 bridgehead atoms. The van der Waals surface area contributed by atoms with Crippen LogP contribution in [-0.4, -0.2) is 48.8 Å². The number of halogens is 1. The number of benzene rings is 1. The monoisotopic (exact) mass is 470 g/mol. The van der Waals surface area contributed by atoms with Crippen molar-refractivity contribution in [2.75, 3.05) is 13.1 Å². The van der Waals surface area contributed by atoms with Gasteiger partial charge in [0.1, 0.15) is 23.7 Å². The predicted octanol–water partition coefficient (Wildman–Crippen LogP) is 4.59. The van der Waals surface area contributed by atoms with Crippen LogP contribution < -0.4 is 4.74 Å². The van der Waals surface area contributed by atoms with Gasteiger partial charge in [0.25, 0.3) is 5.91 Å². The molecule has 35 heavy (non-hydrogen) atoms. The van der Waals surface area contributed by atoms with Gasteiger partial charge in [-0.2, -0.15) is 4.98 Å². The lowest BCUT2D eigenvalue weighted by molar-refractivity contribution is 0.0704. The maximum Gasteiger partial charge on any atom is 0.255 e. The van der Waals surface area contributed by atoms with Crippen molar-refractivity contribution in [3.05, 3.63) is 90.3 Å². The summed E-state index contributed by atoms with van der Waals surface area (Å²) in [6.07, 6.45) is 8.13. The minimum Gasteiger partial charge on any atom is -0.439 e. The highest BCUT2D eigenvalue weighted by molar-refractivity contribution is 5.94. The Bertz CT molecular complexity index is 1320. The number of nitrogens with zero attached hydrogens (tertiary/aromatic N) is 6. The van der Waals surface area contributed by atoms with Crippen molar-refractivity contribution in [3.8, 4) is 22.9 Å². The van der Waals surface area contributed by atoms with Crippen molar-refractivity contribution in [1.29, 1.82) is 0 Å². The Morgan fingerprint density at radius 1 is 1.06 bits per heavy atom. The first-order chi connectivity index (χ1) is 17.0. The fourth-order valence-corrected chi connectivity index (χ4v) is 4.10. The van der Waals surface area contributed by atoms with Crippen molar-refractivity contribution in [2.45, 2.75) is 25.7 Å². The van der Waals surface area contributed by atoms with Crippen LogP contribution in [0, 0.1) is 12.7 Å². The SMILES string of the molecule is Cc1cc(Oc2ccc(F)cc2)nc([C@H]2CCCN(C(=O)c3ccc(-c4cncnc4)nc3)C2)n1. The van der Waals surface area contributed by atoms with E-state index < -0.39 is 0 Å². The second kappa shape index (κ2) is 9.92. The number of likely N-dealkylation sites (tertiary alicyclic amines) is 1. The Labute approximate surface area is 201 Å². The molecule has 1 atom stereocenters. The van der Waals surface area contributed by atoms with Crippen LogP contribution in [0.2, 0.25) is 0 Å². The van der Waals surface area contributed by atoms with Gasteiger partial charge in [0.15, 0.2) is 0 Å². The molecular formula is C26H23FN6O2. The smallest absolute Gasteiger partial charge is 0.255 e. The van der Waals surface area contributed by atoms with Crippen molar-refractivity contribution in [2.24, 2.45) is 0 Å². The van der Waals surface area contributed by atoms with Crippen LogP contribution in [0.25, 0.3) is 11.3 Å². The van der Waals surface area contributed by atoms with E-state index in [1.54, 1.807) is 48.9 Å². The fourth-order valence-electron chi connectivity index (χ4n) is 4.10. The minimum absolute atomic E-state index is 0.0168. The van der Waals surface area contributed by atoms with E-state index in [0.717, 1.165) is 24.1 Å². The third-order valence-electron chi connectivity index (χ3n) is 5.82. The van der Waals surface area contributed by atoms with Gasteiger partial charge in [-0.05, 0) is 56.2 Å². The Morgan fingerprint density at radius 3 is 2.60 bits per heavy atom. The normalized spacial score (nSPS) is 15.6. The standard InChI is InChI=1S/C26H23FN6O2/c1-17-11-24(35-22-7-5-21(27)6-8-22)32-25(31-17)19-3-2-10-33(15-19)26(34)18-4-9-23(30-14-18)20-12-28-16-29-13-20/h4-9,11-14,16,19H,2-3,10,15H2,1H3/t19-/m0/s1. The molecule has 1 aliphatic rings. The topological polar surface area (TPSA) is 94.0 Å². The van der Waals surface area contributed by atoms with Crippen molar-refractivity contribution in [1.82, 2.24) is 29.8 Å². The van der Waals surface area contributed by atoms with E-state index in [1.807, 2.05) is 11.8 Å². The predicted molar refractivity (Wildman–Crippen MR) is 126 cm³/mol. The zero-order chi connectivity index (χ0) is 24.2. The summed E-state index contributed by atoms with van der Waals surface area (Å²) in [5, 5.41) is 0. The van der Waals surface area contributed by atoms with Gasteiger partial charge in [0.05, 0.1) is 11.3 Å². The van der Waals surface area contributed by atoms with E-state index in [4.69, 9.17) is 4.74 Å². The van der Waals surface area contributed by atoms with Crippen LogP contribution in [0.3, 0.4) is 0 Å². The van der Waals surface area contributed by atoms with E-state index in [9.17, 15) is 9.18 Å². The number of rotatable bonds is 5. The van der Waals surface area contributed by atoms with Crippen LogP contribution >= 0.6 is 0 Å². The molecule has 1 fully saturated rings. The number of carbonyl (C=O) groups is 1. The third-order valence-corrected chi connectivity index (χ3v) is 5.82. The number of aromatic nitrogens is 5. The molecule has 1 saturated heterocycles. The second-order valence-electron chi connectivity index (χ2n) is 8.41. The first-order valence-electron chi connectivity index (χ1n) is 11.3. The van der Waals surface area contributed by atoms with Crippen LogP contribution in [0.4, 0.5) is 4.39 Å². The molecule has 1 aromatic carbocycles. The summed E-state index contributed by atoms with van der Waals surface area (Å²) in [7, 11) is 0. The van der Waals surface area contributed by atoms with Gasteiger partial charge in [-0.25, -0.2) is 19.3 Å². The quantitative estimate of drug-likeness (QED) is 0.421. The number of hydrogen-bond acceptors (Lipinski definition) is 7. The highest BCUT2D eigenvalue weighted by Crippen LogP contribution is 2.28. The van der Waals surface area contributed by atoms with Gasteiger partial charge >= 0.3 is 0 Å². The van der Waals surface area contributed by atoms with Gasteiger partial charge in [0.2, 0.25) is 5.88 Å². The van der Waals surface area contributed by atoms with E-state index in [2.05, 4.69) is 24.9 Å². The summed E-state index contributed by atoms with van der Waals surface area (Å²) in [5.41, 5.74) is 2.79. The van der Waals surface area contributed by atoms with Gasteiger partial charge < -0.3 is 9.64 Å². The first kappa shape index (κ1) is 22.5. The lowest BCUT2D eigenvalue weighted by Crippen LogP contribution is -2.39. The van der Waals surface area contributed by atoms with Crippen LogP contribution in [-0.2, 0) is 0 Å². The molecule has 0 spiro atoms. The zero-order valence-electron chi connectivity index (χ0n) is 19.1. The van der Waals surface area contributed by atoms with Crippen molar-refractivity contribution in [3.63, 3.8) is 0 Å². The molecule has 4 heterocycles. The average Bonchev–Trinajstić information content (AvgIpc) is 2.90. The Balaban J connectivity index is 1.30. The Kier molecular flexibility index (Phi) is 6.38. The summed E-state index contributed by atoms with van der Waals surface area (Å²) in [6, 6.07) is 11.1. The lowest BCUT2D eigenvalue weighted by Gasteiger charge is -2.32. The number of carbonyl (C=O) groups excluding carboxylic acids is 1. The lowest BCUT2D eigenvalue weighted by atomic mass is 9.96. The molecule has 8 nitrogen and oxygen atoms in total. The summed E-state index contributed by atoms with van der Waals surface area (Å²) >= 11 is 0. The van der Waals surface area contributed by atoms with Crippen LogP contribution in [0.15, 0.2) is 67.4 Å². The number of ether oxygens (including phenoxy) is 1. The average molecular weight is 471 g/mol. The molecule has 0 unspecified atom stereocenters. The molecule has 1 amide bonds. The molecule has 9 heteroatoms. The highest BCUT2D eigenvalue weighted by atomic mass is 19.1. The van der Waals surface area contributed by atoms with Crippen molar-refractivity contribution < 1.29 is 13.9 Å². The fraction of sp³-hybridized carbons (Fsp3) is 0.231. The molecule has 4 aromatic rings. The highest BCUT2D eigenvalue weighted by Gasteiger charge is 2.28. The number of amides is 1. The van der Waals surface area contributed by atoms with Gasteiger partial charge in [0, 0.05) is 54.9 Å². The number of piperidine rings is 1. The first-order valence-corrected chi connectivity index (χ1v) is 11.3. The number of hydrogen-bond donors (Lipinski definition) is 0. The molecule has 5 rings (SSSR count). The second-order valence-corrected chi connectivity index (χ2v) is 8.41. The van der Waals surface area contributed by atoms with Crippen LogP contribution in [0.5, 0.6) is 11.6 Å². The minimum atomic E-state index is -0.331. The summed E-state index contributed by atoms with van der Waals surface area (Å²) in [4.78, 5) is 36.7. The van der Waals surface area contributed by atoms with Gasteiger partial charge in [-0.1, -0.05) is 0 Å². The summed E-state index contributed by atoms with van der Waals surface area (Å²) in [6.45, 7) is 3.04. The maximum absolute atomic E-state index is 13.2. The summed E-state index contributed by atoms with van der Waals surface area (Å²) < 4.78 is 19.0. The molecular weight excluding hydrogens is 447 g/mol. The largest absolute Gasteiger partial charge is 0.439 e. The molecule has 0 N–H and O–H groups in total. The van der Waals surface area contributed by atoms with E-state index in [0.29, 0.717) is 41.8 Å². The van der Waals surface area contributed by atoms with E-state index >= 15 is 0 Å². The van der Waals surface area contributed by atoms with E-state index in [-0.39, 0.29) is 17.6 Å². The molecule has 0 aliphatic carbocycles. The van der Waals surface area contributed by atoms with Gasteiger partial charge in [-0.3, -0.25) is 9.78 Å². The molecule has 3 aromatic heterocycles. The van der Waals surface area contributed by atoms with Crippen LogP contribution in [0.1, 0.15) is 40.6 Å². The van der Waals surface area contributed by atoms with Crippen molar-refractivity contribution >= 4 is 5.91 Å². The van der Waals surface area contributed by atoms with E-state index in [1.165, 1.54) is 18.5 Å². The molecule has 0 radical (unpaired) electrons. The summed E-state index contributed by atoms with van der Waals surface area (Å²) in [5.74, 6) is 1.10. The molecule has 0 saturated carbocycles. The number of aryl methyl sites for hydroxylation is 1. The maximum atomic E-state index is 13.2. The Morgan fingerprint density at radius 2 is 1.86 bits per heavy atom. The molecule has 1 aliphatic heterocycles. The zero-order valence-corrected chi connectivity index (χ0v) is 19.1. The Hall–Kier alpha value is -4.27.